The van der Waals surface area contributed by atoms with Gasteiger partial charge in [-0.25, -0.2) is 0 Å². The summed E-state index contributed by atoms with van der Waals surface area (Å²) in [5.74, 6) is -0.00687. The SMILES string of the molecule is C=CCN(CC(=C)c1ccccc1)C(=O)c1ccccc1. The summed E-state index contributed by atoms with van der Waals surface area (Å²) < 4.78 is 0. The topological polar surface area (TPSA) is 20.3 Å². The van der Waals surface area contributed by atoms with Crippen molar-refractivity contribution in [3.8, 4) is 0 Å². The van der Waals surface area contributed by atoms with Crippen LogP contribution in [0.25, 0.3) is 5.57 Å². The second-order valence-electron chi connectivity index (χ2n) is 4.81. The Labute approximate surface area is 126 Å². The molecule has 0 radical (unpaired) electrons. The highest BCUT2D eigenvalue weighted by molar-refractivity contribution is 5.95. The van der Waals surface area contributed by atoms with Crippen LogP contribution in [0.3, 0.4) is 0 Å². The third-order valence-corrected chi connectivity index (χ3v) is 3.22. The summed E-state index contributed by atoms with van der Waals surface area (Å²) in [6.45, 7) is 8.82. The fourth-order valence-corrected chi connectivity index (χ4v) is 2.13. The van der Waals surface area contributed by atoms with Gasteiger partial charge in [-0.05, 0) is 23.3 Å². The van der Waals surface area contributed by atoms with E-state index in [-0.39, 0.29) is 5.91 Å². The van der Waals surface area contributed by atoms with E-state index in [1.807, 2.05) is 60.7 Å². The minimum Gasteiger partial charge on any atom is -0.331 e. The molecule has 0 N–H and O–H groups in total. The van der Waals surface area contributed by atoms with E-state index in [1.165, 1.54) is 0 Å². The van der Waals surface area contributed by atoms with Crippen molar-refractivity contribution >= 4 is 11.5 Å². The highest BCUT2D eigenvalue weighted by Crippen LogP contribution is 2.15. The lowest BCUT2D eigenvalue weighted by Crippen LogP contribution is -2.32. The van der Waals surface area contributed by atoms with Gasteiger partial charge in [0.1, 0.15) is 0 Å². The lowest BCUT2D eigenvalue weighted by atomic mass is 10.1. The molecule has 106 valence electrons. The smallest absolute Gasteiger partial charge is 0.254 e. The number of hydrogen-bond donors (Lipinski definition) is 0. The van der Waals surface area contributed by atoms with Crippen molar-refractivity contribution in [3.05, 3.63) is 91.0 Å². The second kappa shape index (κ2) is 7.25. The predicted octanol–water partition coefficient (Wildman–Crippen LogP) is 4.03. The Hall–Kier alpha value is -2.61. The zero-order valence-corrected chi connectivity index (χ0v) is 12.0. The molecule has 0 heterocycles. The van der Waals surface area contributed by atoms with Crippen LogP contribution in [0.15, 0.2) is 79.9 Å². The molecule has 21 heavy (non-hydrogen) atoms. The number of benzene rings is 2. The lowest BCUT2D eigenvalue weighted by Gasteiger charge is -2.22. The molecule has 0 bridgehead atoms. The lowest BCUT2D eigenvalue weighted by molar-refractivity contribution is 0.0793. The van der Waals surface area contributed by atoms with Crippen LogP contribution in [0, 0.1) is 0 Å². The van der Waals surface area contributed by atoms with E-state index in [0.29, 0.717) is 18.7 Å². The molecule has 0 unspecified atom stereocenters. The van der Waals surface area contributed by atoms with E-state index >= 15 is 0 Å². The molecule has 0 fully saturated rings. The van der Waals surface area contributed by atoms with Gasteiger partial charge in [0.15, 0.2) is 0 Å². The molecular weight excluding hydrogens is 258 g/mol. The first-order valence-electron chi connectivity index (χ1n) is 6.91. The summed E-state index contributed by atoms with van der Waals surface area (Å²) in [6, 6.07) is 19.2. The van der Waals surface area contributed by atoms with Gasteiger partial charge in [-0.2, -0.15) is 0 Å². The summed E-state index contributed by atoms with van der Waals surface area (Å²) in [6.07, 6.45) is 1.74. The Kier molecular flexibility index (Phi) is 5.10. The molecule has 2 aromatic carbocycles. The molecule has 0 atom stereocenters. The second-order valence-corrected chi connectivity index (χ2v) is 4.81. The van der Waals surface area contributed by atoms with Gasteiger partial charge in [0.05, 0.1) is 0 Å². The molecule has 0 saturated heterocycles. The number of rotatable bonds is 6. The van der Waals surface area contributed by atoms with Crippen molar-refractivity contribution in [1.82, 2.24) is 4.90 Å². The first kappa shape index (κ1) is 14.8. The molecule has 0 aliphatic carbocycles. The third kappa shape index (κ3) is 3.93. The van der Waals surface area contributed by atoms with Gasteiger partial charge in [-0.3, -0.25) is 4.79 Å². The quantitative estimate of drug-likeness (QED) is 0.730. The molecule has 2 aromatic rings. The van der Waals surface area contributed by atoms with Gasteiger partial charge >= 0.3 is 0 Å². The van der Waals surface area contributed by atoms with Crippen LogP contribution in [0.1, 0.15) is 15.9 Å². The van der Waals surface area contributed by atoms with Crippen LogP contribution in [0.4, 0.5) is 0 Å². The summed E-state index contributed by atoms with van der Waals surface area (Å²) in [4.78, 5) is 14.3. The molecule has 2 nitrogen and oxygen atoms in total. The van der Waals surface area contributed by atoms with Crippen molar-refractivity contribution in [3.63, 3.8) is 0 Å². The van der Waals surface area contributed by atoms with Crippen LogP contribution < -0.4 is 0 Å². The van der Waals surface area contributed by atoms with E-state index in [4.69, 9.17) is 0 Å². The number of nitrogens with zero attached hydrogens (tertiary/aromatic N) is 1. The number of carbonyl (C=O) groups is 1. The highest BCUT2D eigenvalue weighted by Gasteiger charge is 2.15. The predicted molar refractivity (Wildman–Crippen MR) is 88.0 cm³/mol. The van der Waals surface area contributed by atoms with Crippen molar-refractivity contribution in [1.29, 1.82) is 0 Å². The molecule has 1 amide bonds. The molecule has 2 rings (SSSR count). The van der Waals surface area contributed by atoms with E-state index < -0.39 is 0 Å². The van der Waals surface area contributed by atoms with Crippen LogP contribution in [0.2, 0.25) is 0 Å². The maximum absolute atomic E-state index is 12.5. The first-order valence-corrected chi connectivity index (χ1v) is 6.91. The summed E-state index contributed by atoms with van der Waals surface area (Å²) in [7, 11) is 0. The number of carbonyl (C=O) groups excluding carboxylic acids is 1. The molecule has 0 spiro atoms. The van der Waals surface area contributed by atoms with E-state index in [2.05, 4.69) is 13.2 Å². The fourth-order valence-electron chi connectivity index (χ4n) is 2.13. The average molecular weight is 277 g/mol. The minimum absolute atomic E-state index is 0.00687. The Morgan fingerprint density at radius 3 is 2.00 bits per heavy atom. The fraction of sp³-hybridized carbons (Fsp3) is 0.105. The van der Waals surface area contributed by atoms with Gasteiger partial charge in [-0.15, -0.1) is 6.58 Å². The van der Waals surface area contributed by atoms with Crippen molar-refractivity contribution in [2.45, 2.75) is 0 Å². The summed E-state index contributed by atoms with van der Waals surface area (Å²) in [5, 5.41) is 0. The molecule has 0 aliphatic rings. The number of hydrogen-bond acceptors (Lipinski definition) is 1. The summed E-state index contributed by atoms with van der Waals surface area (Å²) in [5.41, 5.74) is 2.65. The van der Waals surface area contributed by atoms with Gasteiger partial charge in [0.2, 0.25) is 0 Å². The van der Waals surface area contributed by atoms with Crippen molar-refractivity contribution < 1.29 is 4.79 Å². The van der Waals surface area contributed by atoms with Crippen LogP contribution >= 0.6 is 0 Å². The standard InChI is InChI=1S/C19H19NO/c1-3-14-20(19(21)18-12-8-5-9-13-18)15-16(2)17-10-6-4-7-11-17/h3-13H,1-2,14-15H2. The third-order valence-electron chi connectivity index (χ3n) is 3.22. The zero-order chi connectivity index (χ0) is 15.1. The van der Waals surface area contributed by atoms with Crippen LogP contribution in [-0.4, -0.2) is 23.9 Å². The largest absolute Gasteiger partial charge is 0.331 e. The Morgan fingerprint density at radius 1 is 0.952 bits per heavy atom. The first-order chi connectivity index (χ1) is 10.2. The Bertz CT molecular complexity index is 617. The molecule has 2 heteroatoms. The van der Waals surface area contributed by atoms with Gasteiger partial charge in [-0.1, -0.05) is 61.2 Å². The van der Waals surface area contributed by atoms with Gasteiger partial charge in [0.25, 0.3) is 5.91 Å². The Balaban J connectivity index is 2.14. The molecule has 0 aromatic heterocycles. The zero-order valence-electron chi connectivity index (χ0n) is 12.0. The summed E-state index contributed by atoms with van der Waals surface area (Å²) >= 11 is 0. The molecule has 0 saturated carbocycles. The maximum atomic E-state index is 12.5. The van der Waals surface area contributed by atoms with Crippen LogP contribution in [0.5, 0.6) is 0 Å². The van der Waals surface area contributed by atoms with Gasteiger partial charge in [0, 0.05) is 18.7 Å². The van der Waals surface area contributed by atoms with E-state index in [0.717, 1.165) is 11.1 Å². The highest BCUT2D eigenvalue weighted by atomic mass is 16.2. The van der Waals surface area contributed by atoms with E-state index in [9.17, 15) is 4.79 Å². The molecule has 0 aliphatic heterocycles. The normalized spacial score (nSPS) is 9.90. The average Bonchev–Trinajstić information content (AvgIpc) is 2.55. The Morgan fingerprint density at radius 2 is 1.48 bits per heavy atom. The monoisotopic (exact) mass is 277 g/mol. The van der Waals surface area contributed by atoms with Crippen molar-refractivity contribution in [2.75, 3.05) is 13.1 Å². The minimum atomic E-state index is -0.00687. The van der Waals surface area contributed by atoms with Crippen molar-refractivity contribution in [2.24, 2.45) is 0 Å². The number of amides is 1. The van der Waals surface area contributed by atoms with Crippen LogP contribution in [-0.2, 0) is 0 Å². The van der Waals surface area contributed by atoms with Gasteiger partial charge < -0.3 is 4.90 Å². The molecular formula is C19H19NO. The van der Waals surface area contributed by atoms with E-state index in [1.54, 1.807) is 11.0 Å². The maximum Gasteiger partial charge on any atom is 0.254 e.